The Morgan fingerprint density at radius 3 is 1.39 bits per heavy atom. The van der Waals surface area contributed by atoms with Crippen molar-refractivity contribution in [2.24, 2.45) is 0 Å². The standard InChI is InChI=1S/C45H85O10P/c1-3-5-7-9-11-13-15-16-17-18-19-20-21-22-23-24-25-26-27-29-30-32-34-36-44(48)52-40-43(41-54-56(50,51)53-39-42(47)38-46)55-45(49)37-35-33-31-28-14-12-10-8-6-4-2/h24-25,29-30,42-43,46-47H,3-23,26-28,31-41H2,1-2H3,(H,50,51)/b25-24+,30-29+/t42-,43+/m1/s1. The summed E-state index contributed by atoms with van der Waals surface area (Å²) in [4.78, 5) is 34.9. The molecule has 11 heteroatoms. The smallest absolute Gasteiger partial charge is 0.462 e. The summed E-state index contributed by atoms with van der Waals surface area (Å²) in [6, 6.07) is 0. The second-order valence-corrected chi connectivity index (χ2v) is 16.9. The summed E-state index contributed by atoms with van der Waals surface area (Å²) in [7, 11) is -4.62. The first-order valence-corrected chi connectivity index (χ1v) is 24.3. The van der Waals surface area contributed by atoms with Gasteiger partial charge >= 0.3 is 19.8 Å². The van der Waals surface area contributed by atoms with Crippen LogP contribution in [-0.4, -0.2) is 65.7 Å². The van der Waals surface area contributed by atoms with Gasteiger partial charge in [0.05, 0.1) is 19.8 Å². The molecule has 0 saturated heterocycles. The number of aliphatic hydroxyl groups excluding tert-OH is 2. The summed E-state index contributed by atoms with van der Waals surface area (Å²) in [5.74, 6) is -0.969. The Morgan fingerprint density at radius 1 is 0.518 bits per heavy atom. The Kier molecular flexibility index (Phi) is 40.5. The topological polar surface area (TPSA) is 149 Å². The van der Waals surface area contributed by atoms with Crippen molar-refractivity contribution >= 4 is 19.8 Å². The van der Waals surface area contributed by atoms with E-state index in [1.54, 1.807) is 0 Å². The molecule has 0 bridgehead atoms. The van der Waals surface area contributed by atoms with Crippen molar-refractivity contribution in [2.45, 2.75) is 225 Å². The number of carbonyl (C=O) groups excluding carboxylic acids is 2. The molecule has 10 nitrogen and oxygen atoms in total. The molecule has 0 aromatic carbocycles. The Hall–Kier alpha value is -1.55. The summed E-state index contributed by atoms with van der Waals surface area (Å²) in [6.45, 7) is 2.34. The van der Waals surface area contributed by atoms with Crippen LogP contribution in [-0.2, 0) is 32.7 Å². The normalized spacial score (nSPS) is 14.0. The quantitative estimate of drug-likeness (QED) is 0.0235. The second-order valence-electron chi connectivity index (χ2n) is 15.4. The molecule has 0 rings (SSSR count). The molecule has 0 aliphatic carbocycles. The van der Waals surface area contributed by atoms with E-state index in [1.807, 2.05) is 0 Å². The molecule has 0 saturated carbocycles. The fourth-order valence-corrected chi connectivity index (χ4v) is 7.10. The average Bonchev–Trinajstić information content (AvgIpc) is 3.19. The third kappa shape index (κ3) is 40.6. The number of rotatable bonds is 43. The van der Waals surface area contributed by atoms with Crippen LogP contribution in [0.25, 0.3) is 0 Å². The zero-order chi connectivity index (χ0) is 41.2. The van der Waals surface area contributed by atoms with E-state index in [4.69, 9.17) is 19.1 Å². The summed E-state index contributed by atoms with van der Waals surface area (Å²) >= 11 is 0. The maximum Gasteiger partial charge on any atom is 0.472 e. The van der Waals surface area contributed by atoms with Crippen molar-refractivity contribution in [3.05, 3.63) is 24.3 Å². The minimum Gasteiger partial charge on any atom is -0.462 e. The summed E-state index contributed by atoms with van der Waals surface area (Å²) in [5, 5.41) is 18.3. The Morgan fingerprint density at radius 2 is 0.911 bits per heavy atom. The first-order valence-electron chi connectivity index (χ1n) is 22.8. The first kappa shape index (κ1) is 54.5. The van der Waals surface area contributed by atoms with Gasteiger partial charge in [0, 0.05) is 12.8 Å². The van der Waals surface area contributed by atoms with E-state index in [0.717, 1.165) is 44.9 Å². The number of esters is 2. The number of ether oxygens (including phenoxy) is 2. The minimum absolute atomic E-state index is 0.179. The van der Waals surface area contributed by atoms with Gasteiger partial charge in [-0.2, -0.15) is 0 Å². The van der Waals surface area contributed by atoms with Gasteiger partial charge in [0.2, 0.25) is 0 Å². The van der Waals surface area contributed by atoms with Crippen LogP contribution in [0.4, 0.5) is 0 Å². The van der Waals surface area contributed by atoms with Gasteiger partial charge in [0.1, 0.15) is 12.7 Å². The molecule has 0 radical (unpaired) electrons. The van der Waals surface area contributed by atoms with Crippen molar-refractivity contribution in [1.29, 1.82) is 0 Å². The summed E-state index contributed by atoms with van der Waals surface area (Å²) in [6.07, 6.45) is 41.7. The predicted octanol–water partition coefficient (Wildman–Crippen LogP) is 12.2. The lowest BCUT2D eigenvalue weighted by Crippen LogP contribution is -2.29. The number of aliphatic hydroxyl groups is 2. The monoisotopic (exact) mass is 817 g/mol. The predicted molar refractivity (Wildman–Crippen MR) is 228 cm³/mol. The largest absolute Gasteiger partial charge is 0.472 e. The SMILES string of the molecule is CCCCCCCCCCCCCCCC/C=C/CC/C=C/CCCC(=O)OC[C@@H](COP(=O)(O)OC[C@H](O)CO)OC(=O)CCCCCCCCCCCC. The second kappa shape index (κ2) is 41.6. The third-order valence-corrected chi connectivity index (χ3v) is 10.8. The average molecular weight is 817 g/mol. The third-order valence-electron chi connectivity index (χ3n) is 9.84. The van der Waals surface area contributed by atoms with E-state index in [9.17, 15) is 24.2 Å². The molecule has 0 heterocycles. The lowest BCUT2D eigenvalue weighted by Gasteiger charge is -2.20. The van der Waals surface area contributed by atoms with E-state index in [1.165, 1.54) is 128 Å². The molecular weight excluding hydrogens is 731 g/mol. The lowest BCUT2D eigenvalue weighted by molar-refractivity contribution is -0.161. The molecule has 0 aromatic rings. The van der Waals surface area contributed by atoms with Crippen molar-refractivity contribution in [1.82, 2.24) is 0 Å². The van der Waals surface area contributed by atoms with Gasteiger partial charge in [-0.25, -0.2) is 4.57 Å². The fourth-order valence-electron chi connectivity index (χ4n) is 6.31. The molecule has 0 aliphatic rings. The van der Waals surface area contributed by atoms with Crippen LogP contribution < -0.4 is 0 Å². The number of carbonyl (C=O) groups is 2. The number of phosphoric ester groups is 1. The molecule has 0 spiro atoms. The van der Waals surface area contributed by atoms with E-state index < -0.39 is 51.8 Å². The molecule has 0 amide bonds. The number of unbranched alkanes of at least 4 members (excludes halogenated alkanes) is 25. The van der Waals surface area contributed by atoms with Gasteiger partial charge in [-0.1, -0.05) is 179 Å². The van der Waals surface area contributed by atoms with Crippen LogP contribution in [0.5, 0.6) is 0 Å². The number of allylic oxidation sites excluding steroid dienone is 4. The highest BCUT2D eigenvalue weighted by Gasteiger charge is 2.27. The highest BCUT2D eigenvalue weighted by molar-refractivity contribution is 7.47. The molecule has 3 N–H and O–H groups in total. The molecule has 56 heavy (non-hydrogen) atoms. The van der Waals surface area contributed by atoms with E-state index in [2.05, 4.69) is 42.7 Å². The first-order chi connectivity index (χ1) is 27.2. The highest BCUT2D eigenvalue weighted by Crippen LogP contribution is 2.43. The molecule has 0 aromatic heterocycles. The maximum atomic E-state index is 12.5. The van der Waals surface area contributed by atoms with Crippen molar-refractivity contribution < 1.29 is 47.8 Å². The van der Waals surface area contributed by atoms with Crippen molar-refractivity contribution in [3.8, 4) is 0 Å². The van der Waals surface area contributed by atoms with Crippen molar-refractivity contribution in [2.75, 3.05) is 26.4 Å². The van der Waals surface area contributed by atoms with Crippen LogP contribution in [0.3, 0.4) is 0 Å². The van der Waals surface area contributed by atoms with Crippen molar-refractivity contribution in [3.63, 3.8) is 0 Å². The molecule has 330 valence electrons. The molecule has 1 unspecified atom stereocenters. The zero-order valence-corrected chi connectivity index (χ0v) is 36.8. The molecule has 0 fully saturated rings. The number of phosphoric acid groups is 1. The van der Waals surface area contributed by atoms with E-state index in [-0.39, 0.29) is 19.4 Å². The Labute approximate surface area is 342 Å². The Bertz CT molecular complexity index is 988. The Balaban J connectivity index is 4.18. The van der Waals surface area contributed by atoms with Gasteiger partial charge in [-0.3, -0.25) is 18.6 Å². The van der Waals surface area contributed by atoms with Crippen LogP contribution >= 0.6 is 7.82 Å². The fraction of sp³-hybridized carbons (Fsp3) is 0.867. The zero-order valence-electron chi connectivity index (χ0n) is 35.9. The number of hydrogen-bond acceptors (Lipinski definition) is 9. The van der Waals surface area contributed by atoms with E-state index >= 15 is 0 Å². The molecule has 0 aliphatic heterocycles. The maximum absolute atomic E-state index is 12.5. The van der Waals surface area contributed by atoms with Crippen LogP contribution in [0.2, 0.25) is 0 Å². The van der Waals surface area contributed by atoms with E-state index in [0.29, 0.717) is 12.8 Å². The van der Waals surface area contributed by atoms with Crippen LogP contribution in [0.15, 0.2) is 24.3 Å². The molecular formula is C45H85O10P. The highest BCUT2D eigenvalue weighted by atomic mass is 31.2. The van der Waals surface area contributed by atoms with Gasteiger partial charge < -0.3 is 24.6 Å². The molecule has 3 atom stereocenters. The van der Waals surface area contributed by atoms with Crippen LogP contribution in [0, 0.1) is 0 Å². The van der Waals surface area contributed by atoms with Crippen LogP contribution in [0.1, 0.15) is 213 Å². The number of hydrogen-bond donors (Lipinski definition) is 3. The minimum atomic E-state index is -4.62. The summed E-state index contributed by atoms with van der Waals surface area (Å²) in [5.41, 5.74) is 0. The summed E-state index contributed by atoms with van der Waals surface area (Å²) < 4.78 is 32.6. The van der Waals surface area contributed by atoms with Gasteiger partial charge in [-0.05, 0) is 44.9 Å². The van der Waals surface area contributed by atoms with Gasteiger partial charge in [0.15, 0.2) is 6.10 Å². The van der Waals surface area contributed by atoms with Gasteiger partial charge in [-0.15, -0.1) is 0 Å². The lowest BCUT2D eigenvalue weighted by atomic mass is 10.0. The van der Waals surface area contributed by atoms with Gasteiger partial charge in [0.25, 0.3) is 0 Å².